The summed E-state index contributed by atoms with van der Waals surface area (Å²) in [6.45, 7) is 1.78. The van der Waals surface area contributed by atoms with Crippen molar-refractivity contribution in [1.29, 1.82) is 0 Å². The van der Waals surface area contributed by atoms with Gasteiger partial charge in [-0.3, -0.25) is 4.55 Å². The third-order valence-corrected chi connectivity index (χ3v) is 2.83. The van der Waals surface area contributed by atoms with Crippen molar-refractivity contribution in [2.24, 2.45) is 0 Å². The summed E-state index contributed by atoms with van der Waals surface area (Å²) in [6.07, 6.45) is 3.43. The Kier molecular flexibility index (Phi) is 4.14. The summed E-state index contributed by atoms with van der Waals surface area (Å²) in [4.78, 5) is 2.31. The van der Waals surface area contributed by atoms with Crippen molar-refractivity contribution in [3.8, 4) is 0 Å². The minimum Gasteiger partial charge on any atom is -0.303 e. The fraction of sp³-hybridized carbons (Fsp3) is 1.00. The predicted molar refractivity (Wildman–Crippen MR) is 49.0 cm³/mol. The van der Waals surface area contributed by atoms with E-state index in [0.717, 1.165) is 13.0 Å². The first kappa shape index (κ1) is 10.1. The summed E-state index contributed by atoms with van der Waals surface area (Å²) >= 11 is -1.85. The maximum absolute atomic E-state index is 10.2. The molecule has 0 spiro atoms. The Labute approximate surface area is 75.7 Å². The van der Waals surface area contributed by atoms with E-state index in [1.165, 1.54) is 12.8 Å². The van der Waals surface area contributed by atoms with Crippen LogP contribution in [0.25, 0.3) is 0 Å². The highest BCUT2D eigenvalue weighted by molar-refractivity contribution is 7.77. The van der Waals surface area contributed by atoms with Gasteiger partial charge in [-0.1, -0.05) is 0 Å². The molecule has 0 aromatic carbocycles. The lowest BCUT2D eigenvalue weighted by Gasteiger charge is -2.18. The zero-order valence-corrected chi connectivity index (χ0v) is 8.14. The molecule has 0 aliphatic carbocycles. The second-order valence-electron chi connectivity index (χ2n) is 3.21. The van der Waals surface area contributed by atoms with Gasteiger partial charge in [0.15, 0.2) is 0 Å². The largest absolute Gasteiger partial charge is 0.303 e. The Morgan fingerprint density at radius 1 is 1.75 bits per heavy atom. The molecule has 2 unspecified atom stereocenters. The van der Waals surface area contributed by atoms with E-state index >= 15 is 0 Å². The lowest BCUT2D eigenvalue weighted by Crippen LogP contribution is -2.29. The maximum Gasteiger partial charge on any atom is 0.231 e. The van der Waals surface area contributed by atoms with Gasteiger partial charge in [0, 0.05) is 12.6 Å². The van der Waals surface area contributed by atoms with Gasteiger partial charge in [0.2, 0.25) is 11.3 Å². The van der Waals surface area contributed by atoms with Crippen LogP contribution < -0.4 is 4.72 Å². The number of hydrogen-bond acceptors (Lipinski definition) is 2. The van der Waals surface area contributed by atoms with E-state index in [1.807, 2.05) is 0 Å². The second kappa shape index (κ2) is 4.91. The molecule has 0 radical (unpaired) electrons. The van der Waals surface area contributed by atoms with Gasteiger partial charge < -0.3 is 4.90 Å². The summed E-state index contributed by atoms with van der Waals surface area (Å²) in [5.74, 6) is 0. The summed E-state index contributed by atoms with van der Waals surface area (Å²) in [5.41, 5.74) is 0. The van der Waals surface area contributed by atoms with Crippen LogP contribution in [-0.4, -0.2) is 39.8 Å². The van der Waals surface area contributed by atoms with Crippen LogP contribution in [-0.2, 0) is 11.3 Å². The highest BCUT2D eigenvalue weighted by Gasteiger charge is 2.19. The van der Waals surface area contributed by atoms with Crippen molar-refractivity contribution < 1.29 is 8.76 Å². The van der Waals surface area contributed by atoms with Crippen LogP contribution in [0.15, 0.2) is 0 Å². The zero-order valence-electron chi connectivity index (χ0n) is 7.32. The van der Waals surface area contributed by atoms with Crippen molar-refractivity contribution in [2.75, 3.05) is 20.1 Å². The predicted octanol–water partition coefficient (Wildman–Crippen LogP) is 0.197. The molecule has 1 rings (SSSR count). The second-order valence-corrected chi connectivity index (χ2v) is 4.00. The Morgan fingerprint density at radius 2 is 2.50 bits per heavy atom. The Morgan fingerprint density at radius 3 is 3.00 bits per heavy atom. The highest BCUT2D eigenvalue weighted by atomic mass is 32.2. The highest BCUT2D eigenvalue weighted by Crippen LogP contribution is 2.16. The third-order valence-electron chi connectivity index (χ3n) is 2.37. The number of likely N-dealkylation sites (tertiary alicyclic amines) is 1. The fourth-order valence-corrected chi connectivity index (χ4v) is 1.95. The smallest absolute Gasteiger partial charge is 0.231 e. The van der Waals surface area contributed by atoms with E-state index in [0.29, 0.717) is 12.6 Å². The van der Waals surface area contributed by atoms with Crippen molar-refractivity contribution in [3.05, 3.63) is 0 Å². The minimum absolute atomic E-state index is 0.598. The van der Waals surface area contributed by atoms with Crippen LogP contribution >= 0.6 is 0 Å². The summed E-state index contributed by atoms with van der Waals surface area (Å²) in [5, 5.41) is 0. The summed E-state index contributed by atoms with van der Waals surface area (Å²) in [7, 11) is 2.10. The SMILES string of the molecule is CN1CCCC1CCNS(=O)O. The molecular weight excluding hydrogens is 176 g/mol. The minimum atomic E-state index is -1.85. The van der Waals surface area contributed by atoms with Crippen LogP contribution in [0.4, 0.5) is 0 Å². The monoisotopic (exact) mass is 192 g/mol. The molecule has 0 aromatic rings. The zero-order chi connectivity index (χ0) is 8.97. The lowest BCUT2D eigenvalue weighted by atomic mass is 10.1. The van der Waals surface area contributed by atoms with Gasteiger partial charge in [-0.25, -0.2) is 8.93 Å². The van der Waals surface area contributed by atoms with Crippen molar-refractivity contribution in [3.63, 3.8) is 0 Å². The van der Waals surface area contributed by atoms with E-state index in [1.54, 1.807) is 0 Å². The Bertz CT molecular complexity index is 165. The van der Waals surface area contributed by atoms with Gasteiger partial charge in [0.05, 0.1) is 0 Å². The summed E-state index contributed by atoms with van der Waals surface area (Å²) < 4.78 is 21.2. The molecule has 4 nitrogen and oxygen atoms in total. The van der Waals surface area contributed by atoms with Gasteiger partial charge in [0.25, 0.3) is 0 Å². The molecule has 1 aliphatic heterocycles. The first-order valence-corrected chi connectivity index (χ1v) is 5.35. The Balaban J connectivity index is 2.10. The molecule has 2 atom stereocenters. The standard InChI is InChI=1S/C7H16N2O2S/c1-9-6-2-3-7(9)4-5-8-12(10)11/h7-8H,2-6H2,1H3,(H,10,11). The number of hydrogen-bond donors (Lipinski definition) is 2. The number of nitrogens with one attached hydrogen (secondary N) is 1. The molecule has 1 heterocycles. The van der Waals surface area contributed by atoms with E-state index in [-0.39, 0.29) is 0 Å². The van der Waals surface area contributed by atoms with Gasteiger partial charge in [-0.05, 0) is 32.9 Å². The molecule has 5 heteroatoms. The van der Waals surface area contributed by atoms with Crippen LogP contribution in [0.2, 0.25) is 0 Å². The normalized spacial score (nSPS) is 27.7. The average molecular weight is 192 g/mol. The topological polar surface area (TPSA) is 52.6 Å². The van der Waals surface area contributed by atoms with Crippen LogP contribution in [0, 0.1) is 0 Å². The van der Waals surface area contributed by atoms with Gasteiger partial charge in [-0.15, -0.1) is 0 Å². The molecule has 1 saturated heterocycles. The van der Waals surface area contributed by atoms with Crippen LogP contribution in [0.5, 0.6) is 0 Å². The molecule has 1 aliphatic rings. The Hall–Kier alpha value is 0.0300. The molecule has 12 heavy (non-hydrogen) atoms. The molecule has 0 bridgehead atoms. The molecule has 0 amide bonds. The molecular formula is C7H16N2O2S. The fourth-order valence-electron chi connectivity index (χ4n) is 1.66. The van der Waals surface area contributed by atoms with E-state index in [2.05, 4.69) is 16.7 Å². The molecule has 2 N–H and O–H groups in total. The maximum atomic E-state index is 10.2. The quantitative estimate of drug-likeness (QED) is 0.625. The van der Waals surface area contributed by atoms with E-state index in [9.17, 15) is 4.21 Å². The lowest BCUT2D eigenvalue weighted by molar-refractivity contribution is 0.297. The third kappa shape index (κ3) is 3.18. The average Bonchev–Trinajstić information content (AvgIpc) is 2.36. The van der Waals surface area contributed by atoms with E-state index in [4.69, 9.17) is 4.55 Å². The molecule has 1 fully saturated rings. The van der Waals surface area contributed by atoms with Gasteiger partial charge >= 0.3 is 0 Å². The molecule has 0 saturated carbocycles. The van der Waals surface area contributed by atoms with Gasteiger partial charge in [-0.2, -0.15) is 0 Å². The molecule has 0 aromatic heterocycles. The first-order chi connectivity index (χ1) is 5.70. The molecule has 72 valence electrons. The number of rotatable bonds is 4. The first-order valence-electron chi connectivity index (χ1n) is 4.25. The van der Waals surface area contributed by atoms with Gasteiger partial charge in [0.1, 0.15) is 0 Å². The van der Waals surface area contributed by atoms with Crippen LogP contribution in [0.1, 0.15) is 19.3 Å². The number of nitrogens with zero attached hydrogens (tertiary/aromatic N) is 1. The van der Waals surface area contributed by atoms with E-state index < -0.39 is 11.3 Å². The van der Waals surface area contributed by atoms with Crippen molar-refractivity contribution in [1.82, 2.24) is 9.62 Å². The van der Waals surface area contributed by atoms with Crippen molar-refractivity contribution >= 4 is 11.3 Å². The van der Waals surface area contributed by atoms with Crippen molar-refractivity contribution in [2.45, 2.75) is 25.3 Å². The van der Waals surface area contributed by atoms with Crippen LogP contribution in [0.3, 0.4) is 0 Å². The summed E-state index contributed by atoms with van der Waals surface area (Å²) in [6, 6.07) is 0.598.